The van der Waals surface area contributed by atoms with Crippen LogP contribution in [0.2, 0.25) is 0 Å². The number of rotatable bonds is 5. The number of amides is 1. The molecule has 0 aliphatic heterocycles. The van der Waals surface area contributed by atoms with Crippen LogP contribution in [0, 0.1) is 5.92 Å². The first kappa shape index (κ1) is 11.9. The summed E-state index contributed by atoms with van der Waals surface area (Å²) < 4.78 is 0. The van der Waals surface area contributed by atoms with Crippen LogP contribution in [-0.2, 0) is 9.59 Å². The molecule has 2 N–H and O–H groups in total. The molecule has 0 fully saturated rings. The summed E-state index contributed by atoms with van der Waals surface area (Å²) >= 11 is 0. The molecule has 13 heavy (non-hydrogen) atoms. The lowest BCUT2D eigenvalue weighted by atomic mass is 10.1. The number of nitrogens with one attached hydrogen (secondary N) is 1. The first-order chi connectivity index (χ1) is 5.93. The van der Waals surface area contributed by atoms with Crippen molar-refractivity contribution in [2.24, 2.45) is 5.92 Å². The molecule has 1 unspecified atom stereocenters. The third-order valence-corrected chi connectivity index (χ3v) is 1.70. The summed E-state index contributed by atoms with van der Waals surface area (Å²) in [6.45, 7) is 5.50. The summed E-state index contributed by atoms with van der Waals surface area (Å²) in [6.07, 6.45) is 1.19. The molecule has 0 radical (unpaired) electrons. The Kier molecular flexibility index (Phi) is 5.11. The summed E-state index contributed by atoms with van der Waals surface area (Å²) in [7, 11) is 0. The van der Waals surface area contributed by atoms with Crippen LogP contribution in [0.15, 0.2) is 0 Å². The zero-order valence-electron chi connectivity index (χ0n) is 8.33. The molecular weight excluding hydrogens is 170 g/mol. The van der Waals surface area contributed by atoms with Crippen molar-refractivity contribution in [3.05, 3.63) is 0 Å². The van der Waals surface area contributed by atoms with Crippen molar-refractivity contribution in [1.29, 1.82) is 0 Å². The molecule has 0 saturated heterocycles. The van der Waals surface area contributed by atoms with Gasteiger partial charge in [0, 0.05) is 6.42 Å². The van der Waals surface area contributed by atoms with Gasteiger partial charge in [-0.15, -0.1) is 0 Å². The molecule has 1 atom stereocenters. The maximum absolute atomic E-state index is 11.1. The molecule has 4 heteroatoms. The smallest absolute Gasteiger partial charge is 0.325 e. The second-order valence-electron chi connectivity index (χ2n) is 3.56. The van der Waals surface area contributed by atoms with Gasteiger partial charge in [0.15, 0.2) is 0 Å². The number of hydrogen-bond donors (Lipinski definition) is 2. The summed E-state index contributed by atoms with van der Waals surface area (Å²) in [5, 5.41) is 10.9. The molecule has 0 aromatic carbocycles. The van der Waals surface area contributed by atoms with Gasteiger partial charge in [-0.3, -0.25) is 9.59 Å². The fraction of sp³-hybridized carbons (Fsp3) is 0.778. The first-order valence-electron chi connectivity index (χ1n) is 4.45. The van der Waals surface area contributed by atoms with Crippen molar-refractivity contribution in [2.75, 3.05) is 0 Å². The van der Waals surface area contributed by atoms with Crippen LogP contribution in [0.4, 0.5) is 0 Å². The van der Waals surface area contributed by atoms with E-state index in [1.807, 2.05) is 13.8 Å². The Bertz CT molecular complexity index is 189. The van der Waals surface area contributed by atoms with E-state index >= 15 is 0 Å². The summed E-state index contributed by atoms with van der Waals surface area (Å²) in [6, 6.07) is -0.792. The molecule has 4 nitrogen and oxygen atoms in total. The number of carbonyl (C=O) groups excluding carboxylic acids is 1. The molecule has 0 aromatic rings. The van der Waals surface area contributed by atoms with Crippen LogP contribution in [0.1, 0.15) is 33.6 Å². The van der Waals surface area contributed by atoms with Gasteiger partial charge in [0.05, 0.1) is 0 Å². The van der Waals surface area contributed by atoms with Crippen LogP contribution >= 0.6 is 0 Å². The Hall–Kier alpha value is -1.06. The summed E-state index contributed by atoms with van der Waals surface area (Å²) in [5.41, 5.74) is 0. The predicted octanol–water partition coefficient (Wildman–Crippen LogP) is 1.01. The second kappa shape index (κ2) is 5.56. The van der Waals surface area contributed by atoms with Gasteiger partial charge in [-0.05, 0) is 19.3 Å². The van der Waals surface area contributed by atoms with Gasteiger partial charge in [-0.2, -0.15) is 0 Å². The Labute approximate surface area is 78.3 Å². The molecule has 0 heterocycles. The lowest BCUT2D eigenvalue weighted by molar-refractivity contribution is -0.141. The van der Waals surface area contributed by atoms with E-state index in [1.165, 1.54) is 6.92 Å². The molecular formula is C9H17NO3. The molecule has 0 saturated carbocycles. The Morgan fingerprint density at radius 2 is 1.85 bits per heavy atom. The Morgan fingerprint density at radius 3 is 2.23 bits per heavy atom. The van der Waals surface area contributed by atoms with Crippen molar-refractivity contribution < 1.29 is 14.7 Å². The van der Waals surface area contributed by atoms with Crippen LogP contribution < -0.4 is 5.32 Å². The molecule has 1 amide bonds. The van der Waals surface area contributed by atoms with Gasteiger partial charge < -0.3 is 10.4 Å². The lowest BCUT2D eigenvalue weighted by Gasteiger charge is -2.09. The average Bonchev–Trinajstić information content (AvgIpc) is 2.00. The number of hydrogen-bond acceptors (Lipinski definition) is 2. The fourth-order valence-electron chi connectivity index (χ4n) is 0.795. The second-order valence-corrected chi connectivity index (χ2v) is 3.56. The van der Waals surface area contributed by atoms with Crippen LogP contribution in [-0.4, -0.2) is 23.0 Å². The highest BCUT2D eigenvalue weighted by Gasteiger charge is 2.13. The van der Waals surface area contributed by atoms with Gasteiger partial charge in [0.25, 0.3) is 0 Å². The largest absolute Gasteiger partial charge is 0.480 e. The third kappa shape index (κ3) is 6.13. The van der Waals surface area contributed by atoms with Crippen LogP contribution in [0.25, 0.3) is 0 Å². The molecule has 0 bridgehead atoms. The van der Waals surface area contributed by atoms with Crippen LogP contribution in [0.5, 0.6) is 0 Å². The van der Waals surface area contributed by atoms with Crippen LogP contribution in [0.3, 0.4) is 0 Å². The molecule has 0 rings (SSSR count). The maximum Gasteiger partial charge on any atom is 0.325 e. The fourth-order valence-corrected chi connectivity index (χ4v) is 0.795. The molecule has 0 aliphatic carbocycles. The zero-order valence-corrected chi connectivity index (χ0v) is 8.33. The summed E-state index contributed by atoms with van der Waals surface area (Å²) in [5.74, 6) is -0.729. The van der Waals surface area contributed by atoms with Gasteiger partial charge >= 0.3 is 5.97 Å². The summed E-state index contributed by atoms with van der Waals surface area (Å²) in [4.78, 5) is 21.4. The number of carbonyl (C=O) groups is 2. The quantitative estimate of drug-likeness (QED) is 0.675. The third-order valence-electron chi connectivity index (χ3n) is 1.70. The standard InChI is InChI=1S/C9H17NO3/c1-6(2)4-5-8(11)10-7(3)9(12)13/h6-7H,4-5H2,1-3H3,(H,10,11)(H,12,13). The number of aliphatic carboxylic acids is 1. The van der Waals surface area contributed by atoms with Gasteiger partial charge in [0.1, 0.15) is 6.04 Å². The predicted molar refractivity (Wildman–Crippen MR) is 49.3 cm³/mol. The SMILES string of the molecule is CC(C)CCC(=O)NC(C)C(=O)O. The first-order valence-corrected chi connectivity index (χ1v) is 4.45. The van der Waals surface area contributed by atoms with Gasteiger partial charge in [-0.25, -0.2) is 0 Å². The van der Waals surface area contributed by atoms with Crippen molar-refractivity contribution in [3.63, 3.8) is 0 Å². The Balaban J connectivity index is 3.68. The monoisotopic (exact) mass is 187 g/mol. The minimum absolute atomic E-state index is 0.191. The van der Waals surface area contributed by atoms with Crippen molar-refractivity contribution in [3.8, 4) is 0 Å². The van der Waals surface area contributed by atoms with Gasteiger partial charge in [-0.1, -0.05) is 13.8 Å². The Morgan fingerprint density at radius 1 is 1.31 bits per heavy atom. The van der Waals surface area contributed by atoms with Crippen molar-refractivity contribution in [1.82, 2.24) is 5.32 Å². The van der Waals surface area contributed by atoms with E-state index in [-0.39, 0.29) is 5.91 Å². The normalized spacial score (nSPS) is 12.6. The molecule has 0 spiro atoms. The van der Waals surface area contributed by atoms with E-state index in [4.69, 9.17) is 5.11 Å². The van der Waals surface area contributed by atoms with E-state index in [2.05, 4.69) is 5.32 Å². The van der Waals surface area contributed by atoms with E-state index in [1.54, 1.807) is 0 Å². The highest BCUT2D eigenvalue weighted by atomic mass is 16.4. The topological polar surface area (TPSA) is 66.4 Å². The van der Waals surface area contributed by atoms with E-state index in [0.29, 0.717) is 12.3 Å². The van der Waals surface area contributed by atoms with E-state index < -0.39 is 12.0 Å². The highest BCUT2D eigenvalue weighted by molar-refractivity contribution is 5.83. The number of carboxylic acid groups (broad SMARTS) is 1. The van der Waals surface area contributed by atoms with Crippen molar-refractivity contribution >= 4 is 11.9 Å². The van der Waals surface area contributed by atoms with Crippen molar-refractivity contribution in [2.45, 2.75) is 39.7 Å². The lowest BCUT2D eigenvalue weighted by Crippen LogP contribution is -2.38. The molecule has 76 valence electrons. The molecule has 0 aromatic heterocycles. The number of carboxylic acids is 1. The van der Waals surface area contributed by atoms with E-state index in [0.717, 1.165) is 6.42 Å². The molecule has 0 aliphatic rings. The van der Waals surface area contributed by atoms with Gasteiger partial charge in [0.2, 0.25) is 5.91 Å². The van der Waals surface area contributed by atoms with E-state index in [9.17, 15) is 9.59 Å². The maximum atomic E-state index is 11.1. The zero-order chi connectivity index (χ0) is 10.4. The average molecular weight is 187 g/mol. The highest BCUT2D eigenvalue weighted by Crippen LogP contribution is 2.02. The minimum Gasteiger partial charge on any atom is -0.480 e. The minimum atomic E-state index is -1.00.